The Kier molecular flexibility index (Phi) is 8.47. The van der Waals surface area contributed by atoms with E-state index in [0.717, 1.165) is 24.0 Å². The lowest BCUT2D eigenvalue weighted by molar-refractivity contribution is -0.135. The summed E-state index contributed by atoms with van der Waals surface area (Å²) in [6, 6.07) is 18.5. The third-order valence-corrected chi connectivity index (χ3v) is 6.11. The topological polar surface area (TPSA) is 104 Å². The molecule has 0 saturated carbocycles. The van der Waals surface area contributed by atoms with Crippen LogP contribution in [0.1, 0.15) is 36.0 Å². The average molecular weight is 475 g/mol. The molecular weight excluding hydrogens is 444 g/mol. The van der Waals surface area contributed by atoms with Crippen LogP contribution in [-0.2, 0) is 31.9 Å². The van der Waals surface area contributed by atoms with Crippen molar-refractivity contribution in [1.29, 1.82) is 5.26 Å². The van der Waals surface area contributed by atoms with E-state index in [0.29, 0.717) is 37.4 Å². The van der Waals surface area contributed by atoms with Crippen LogP contribution in [-0.4, -0.2) is 61.2 Å². The lowest BCUT2D eigenvalue weighted by Crippen LogP contribution is -2.49. The minimum atomic E-state index is -0.650. The summed E-state index contributed by atoms with van der Waals surface area (Å²) >= 11 is 0. The first-order valence-electron chi connectivity index (χ1n) is 12.0. The van der Waals surface area contributed by atoms with Crippen molar-refractivity contribution in [3.05, 3.63) is 71.3 Å². The summed E-state index contributed by atoms with van der Waals surface area (Å²) in [5.41, 5.74) is 2.57. The molecule has 2 aromatic rings. The third-order valence-electron chi connectivity index (χ3n) is 6.11. The second kappa shape index (κ2) is 12.1. The van der Waals surface area contributed by atoms with E-state index in [1.54, 1.807) is 12.1 Å². The zero-order valence-corrected chi connectivity index (χ0v) is 19.7. The van der Waals surface area contributed by atoms with E-state index in [2.05, 4.69) is 16.4 Å². The Morgan fingerprint density at radius 2 is 1.83 bits per heavy atom. The van der Waals surface area contributed by atoms with E-state index in [4.69, 9.17) is 14.7 Å². The summed E-state index contributed by atoms with van der Waals surface area (Å²) in [4.78, 5) is 31.9. The molecule has 35 heavy (non-hydrogen) atoms. The zero-order chi connectivity index (χ0) is 24.5. The monoisotopic (exact) mass is 474 g/mol. The van der Waals surface area contributed by atoms with E-state index in [-0.39, 0.29) is 37.7 Å². The van der Waals surface area contributed by atoms with Crippen molar-refractivity contribution < 1.29 is 19.1 Å². The van der Waals surface area contributed by atoms with Gasteiger partial charge in [-0.05, 0) is 36.1 Å². The van der Waals surface area contributed by atoms with Crippen molar-refractivity contribution in [2.45, 2.75) is 44.4 Å². The molecule has 2 fully saturated rings. The molecule has 2 heterocycles. The fourth-order valence-electron chi connectivity index (χ4n) is 4.23. The standard InChI is InChI=1S/C27H30N4O4/c28-18-22-10-8-21(9-11-22)16-23(27(33)31-14-4-5-15-31)30-24(32)12-13-29-25-19-34-26(35-25)17-20-6-2-1-3-7-20/h1-3,6-11,23,26H,4-5,12-17,19H2,(H,30,32). The van der Waals surface area contributed by atoms with Crippen molar-refractivity contribution in [2.24, 2.45) is 4.99 Å². The minimum Gasteiger partial charge on any atom is -0.449 e. The fourth-order valence-corrected chi connectivity index (χ4v) is 4.23. The van der Waals surface area contributed by atoms with Crippen LogP contribution in [0.15, 0.2) is 59.6 Å². The van der Waals surface area contributed by atoms with Gasteiger partial charge in [0.05, 0.1) is 18.2 Å². The predicted molar refractivity (Wildman–Crippen MR) is 130 cm³/mol. The number of nitrogens with one attached hydrogen (secondary N) is 1. The van der Waals surface area contributed by atoms with Crippen LogP contribution in [0.2, 0.25) is 0 Å². The van der Waals surface area contributed by atoms with Crippen LogP contribution in [0, 0.1) is 11.3 Å². The lowest BCUT2D eigenvalue weighted by Gasteiger charge is -2.24. The van der Waals surface area contributed by atoms with Crippen LogP contribution in [0.5, 0.6) is 0 Å². The Balaban J connectivity index is 1.29. The summed E-state index contributed by atoms with van der Waals surface area (Å²) in [5.74, 6) is 0.184. The van der Waals surface area contributed by atoms with Crippen LogP contribution >= 0.6 is 0 Å². The van der Waals surface area contributed by atoms with Gasteiger partial charge in [-0.2, -0.15) is 5.26 Å². The van der Waals surface area contributed by atoms with Gasteiger partial charge in [0.25, 0.3) is 0 Å². The van der Waals surface area contributed by atoms with E-state index >= 15 is 0 Å². The van der Waals surface area contributed by atoms with E-state index in [1.165, 1.54) is 0 Å². The van der Waals surface area contributed by atoms with Crippen LogP contribution < -0.4 is 5.32 Å². The van der Waals surface area contributed by atoms with Crippen LogP contribution in [0.4, 0.5) is 0 Å². The minimum absolute atomic E-state index is 0.0668. The number of likely N-dealkylation sites (tertiary alicyclic amines) is 1. The Morgan fingerprint density at radius 3 is 2.54 bits per heavy atom. The number of nitrogens with zero attached hydrogens (tertiary/aromatic N) is 3. The molecule has 2 aliphatic heterocycles. The number of carbonyl (C=O) groups excluding carboxylic acids is 2. The van der Waals surface area contributed by atoms with Gasteiger partial charge in [0.2, 0.25) is 24.0 Å². The zero-order valence-electron chi connectivity index (χ0n) is 19.7. The van der Waals surface area contributed by atoms with E-state index in [9.17, 15) is 9.59 Å². The molecule has 2 aromatic carbocycles. The molecule has 8 nitrogen and oxygen atoms in total. The maximum absolute atomic E-state index is 13.1. The number of carbonyl (C=O) groups is 2. The summed E-state index contributed by atoms with van der Waals surface area (Å²) < 4.78 is 11.4. The molecule has 0 radical (unpaired) electrons. The second-order valence-electron chi connectivity index (χ2n) is 8.74. The van der Waals surface area contributed by atoms with E-state index < -0.39 is 6.04 Å². The number of hydrogen-bond donors (Lipinski definition) is 1. The van der Waals surface area contributed by atoms with Crippen LogP contribution in [0.3, 0.4) is 0 Å². The number of ether oxygens (including phenoxy) is 2. The van der Waals surface area contributed by atoms with Gasteiger partial charge in [-0.1, -0.05) is 42.5 Å². The van der Waals surface area contributed by atoms with Gasteiger partial charge < -0.3 is 19.7 Å². The molecule has 1 N–H and O–H groups in total. The first-order valence-corrected chi connectivity index (χ1v) is 12.0. The van der Waals surface area contributed by atoms with Gasteiger partial charge in [0.1, 0.15) is 12.6 Å². The first-order chi connectivity index (χ1) is 17.1. The quantitative estimate of drug-likeness (QED) is 0.602. The van der Waals surface area contributed by atoms with Gasteiger partial charge in [-0.3, -0.25) is 14.6 Å². The Labute approximate surface area is 205 Å². The summed E-state index contributed by atoms with van der Waals surface area (Å²) in [6.07, 6.45) is 2.74. The molecule has 2 atom stereocenters. The molecule has 8 heteroatoms. The predicted octanol–water partition coefficient (Wildman–Crippen LogP) is 2.61. The first kappa shape index (κ1) is 24.4. The number of aliphatic imine (C=N–C) groups is 1. The maximum atomic E-state index is 13.1. The van der Waals surface area contributed by atoms with Crippen molar-refractivity contribution in [1.82, 2.24) is 10.2 Å². The molecule has 0 aliphatic carbocycles. The number of hydrogen-bond acceptors (Lipinski definition) is 6. The molecule has 0 bridgehead atoms. The van der Waals surface area contributed by atoms with Crippen molar-refractivity contribution >= 4 is 17.7 Å². The van der Waals surface area contributed by atoms with Gasteiger partial charge in [-0.15, -0.1) is 0 Å². The number of nitriles is 1. The van der Waals surface area contributed by atoms with Gasteiger partial charge in [0.15, 0.2) is 0 Å². The molecule has 2 amide bonds. The summed E-state index contributed by atoms with van der Waals surface area (Å²) in [7, 11) is 0. The highest BCUT2D eigenvalue weighted by Crippen LogP contribution is 2.15. The highest BCUT2D eigenvalue weighted by molar-refractivity contribution is 5.88. The molecule has 4 rings (SSSR count). The van der Waals surface area contributed by atoms with Gasteiger partial charge in [-0.25, -0.2) is 0 Å². The summed E-state index contributed by atoms with van der Waals surface area (Å²) in [5, 5.41) is 11.9. The number of benzene rings is 2. The smallest absolute Gasteiger partial charge is 0.245 e. The Morgan fingerprint density at radius 1 is 1.09 bits per heavy atom. The SMILES string of the molecule is N#Cc1ccc(CC(NC(=O)CCN=C2COC(Cc3ccccc3)O2)C(=O)N2CCCC2)cc1. The fraction of sp³-hybridized carbons (Fsp3) is 0.407. The number of rotatable bonds is 9. The summed E-state index contributed by atoms with van der Waals surface area (Å²) in [6.45, 7) is 1.97. The largest absolute Gasteiger partial charge is 0.449 e. The molecule has 2 saturated heterocycles. The van der Waals surface area contributed by atoms with Crippen LogP contribution in [0.25, 0.3) is 0 Å². The molecule has 0 aromatic heterocycles. The Bertz CT molecular complexity index is 1070. The molecule has 2 unspecified atom stereocenters. The lowest BCUT2D eigenvalue weighted by atomic mass is 10.0. The average Bonchev–Trinajstić information content (AvgIpc) is 3.57. The van der Waals surface area contributed by atoms with Crippen molar-refractivity contribution in [2.75, 3.05) is 26.2 Å². The highest BCUT2D eigenvalue weighted by atomic mass is 16.7. The van der Waals surface area contributed by atoms with Crippen molar-refractivity contribution in [3.8, 4) is 6.07 Å². The third kappa shape index (κ3) is 7.14. The molecule has 2 aliphatic rings. The molecule has 182 valence electrons. The molecule has 0 spiro atoms. The maximum Gasteiger partial charge on any atom is 0.245 e. The second-order valence-corrected chi connectivity index (χ2v) is 8.74. The normalized spacial score (nSPS) is 19.2. The highest BCUT2D eigenvalue weighted by Gasteiger charge is 2.28. The molecular formula is C27H30N4O4. The van der Waals surface area contributed by atoms with Crippen molar-refractivity contribution in [3.63, 3.8) is 0 Å². The number of amides is 2. The van der Waals surface area contributed by atoms with Gasteiger partial charge in [0, 0.05) is 32.4 Å². The Hall–Kier alpha value is -3.70. The van der Waals surface area contributed by atoms with Gasteiger partial charge >= 0.3 is 0 Å². The van der Waals surface area contributed by atoms with E-state index in [1.807, 2.05) is 47.4 Å².